The van der Waals surface area contributed by atoms with Gasteiger partial charge in [-0.15, -0.1) is 5.10 Å². The normalized spacial score (nSPS) is 15.0. The molecule has 0 unspecified atom stereocenters. The third kappa shape index (κ3) is 2.65. The molecule has 1 saturated carbocycles. The van der Waals surface area contributed by atoms with E-state index in [2.05, 4.69) is 17.2 Å². The summed E-state index contributed by atoms with van der Waals surface area (Å²) in [7, 11) is 0. The molecule has 2 aromatic rings. The van der Waals surface area contributed by atoms with Crippen molar-refractivity contribution in [3.63, 3.8) is 0 Å². The lowest BCUT2D eigenvalue weighted by molar-refractivity contribution is 0.271. The minimum Gasteiger partial charge on any atom is -0.491 e. The standard InChI is InChI=1S/C16H21N3O2/c1-2-10-21-15-9-4-3-8-14(15)19-16(12-6-5-7-12)13(11-20)17-18-19/h3-4,8-9,12,20H,2,5-7,10-11H2,1H3. The molecule has 0 amide bonds. The van der Waals surface area contributed by atoms with Crippen LogP contribution in [0, 0.1) is 0 Å². The van der Waals surface area contributed by atoms with Gasteiger partial charge in [-0.3, -0.25) is 0 Å². The topological polar surface area (TPSA) is 60.2 Å². The molecule has 0 bridgehead atoms. The lowest BCUT2D eigenvalue weighted by atomic mass is 9.82. The molecule has 0 radical (unpaired) electrons. The van der Waals surface area contributed by atoms with Gasteiger partial charge >= 0.3 is 0 Å². The summed E-state index contributed by atoms with van der Waals surface area (Å²) in [5.41, 5.74) is 2.63. The Labute approximate surface area is 124 Å². The van der Waals surface area contributed by atoms with Gasteiger partial charge in [0.2, 0.25) is 0 Å². The molecule has 1 aliphatic carbocycles. The second kappa shape index (κ2) is 6.26. The summed E-state index contributed by atoms with van der Waals surface area (Å²) in [6, 6.07) is 7.87. The minimum atomic E-state index is -0.0657. The number of para-hydroxylation sites is 2. The van der Waals surface area contributed by atoms with Crippen molar-refractivity contribution in [2.45, 2.75) is 45.1 Å². The maximum atomic E-state index is 9.51. The van der Waals surface area contributed by atoms with Gasteiger partial charge in [0.25, 0.3) is 0 Å². The van der Waals surface area contributed by atoms with Crippen LogP contribution in [0.4, 0.5) is 0 Å². The van der Waals surface area contributed by atoms with Crippen LogP contribution in [-0.2, 0) is 6.61 Å². The Morgan fingerprint density at radius 3 is 2.81 bits per heavy atom. The quantitative estimate of drug-likeness (QED) is 0.887. The number of aliphatic hydroxyl groups excluding tert-OH is 1. The lowest BCUT2D eigenvalue weighted by Gasteiger charge is -2.26. The van der Waals surface area contributed by atoms with Gasteiger partial charge in [-0.1, -0.05) is 30.7 Å². The van der Waals surface area contributed by atoms with E-state index in [1.807, 2.05) is 28.9 Å². The van der Waals surface area contributed by atoms with E-state index in [1.165, 1.54) is 6.42 Å². The molecule has 0 spiro atoms. The predicted molar refractivity (Wildman–Crippen MR) is 79.7 cm³/mol. The van der Waals surface area contributed by atoms with Crippen molar-refractivity contribution in [2.24, 2.45) is 0 Å². The summed E-state index contributed by atoms with van der Waals surface area (Å²) >= 11 is 0. The monoisotopic (exact) mass is 287 g/mol. The van der Waals surface area contributed by atoms with E-state index >= 15 is 0 Å². The smallest absolute Gasteiger partial charge is 0.145 e. The Bertz CT molecular complexity index is 605. The molecule has 1 aliphatic rings. The van der Waals surface area contributed by atoms with E-state index in [1.54, 1.807) is 0 Å². The maximum absolute atomic E-state index is 9.51. The van der Waals surface area contributed by atoms with Crippen LogP contribution >= 0.6 is 0 Å². The SMILES string of the molecule is CCCOc1ccccc1-n1nnc(CO)c1C1CCC1. The number of benzene rings is 1. The van der Waals surface area contributed by atoms with Crippen molar-refractivity contribution < 1.29 is 9.84 Å². The highest BCUT2D eigenvalue weighted by atomic mass is 16.5. The molecule has 1 heterocycles. The van der Waals surface area contributed by atoms with E-state index in [0.29, 0.717) is 18.2 Å². The van der Waals surface area contributed by atoms with Crippen LogP contribution < -0.4 is 4.74 Å². The van der Waals surface area contributed by atoms with Gasteiger partial charge in [0, 0.05) is 5.92 Å². The van der Waals surface area contributed by atoms with Crippen LogP contribution in [0.15, 0.2) is 24.3 Å². The van der Waals surface area contributed by atoms with Gasteiger partial charge in [0.1, 0.15) is 17.1 Å². The van der Waals surface area contributed by atoms with Crippen LogP contribution in [-0.4, -0.2) is 26.7 Å². The molecular formula is C16H21N3O2. The first-order valence-corrected chi connectivity index (χ1v) is 7.62. The van der Waals surface area contributed by atoms with E-state index in [9.17, 15) is 5.11 Å². The van der Waals surface area contributed by atoms with Crippen molar-refractivity contribution >= 4 is 0 Å². The average Bonchev–Trinajstić information content (AvgIpc) is 2.87. The van der Waals surface area contributed by atoms with Crippen molar-refractivity contribution in [1.82, 2.24) is 15.0 Å². The minimum absolute atomic E-state index is 0.0657. The summed E-state index contributed by atoms with van der Waals surface area (Å²) in [5.74, 6) is 1.26. The van der Waals surface area contributed by atoms with Gasteiger partial charge in [-0.2, -0.15) is 0 Å². The first kappa shape index (κ1) is 14.1. The summed E-state index contributed by atoms with van der Waals surface area (Å²) in [6.45, 7) is 2.70. The number of hydrogen-bond acceptors (Lipinski definition) is 4. The molecule has 112 valence electrons. The highest BCUT2D eigenvalue weighted by Gasteiger charge is 2.28. The van der Waals surface area contributed by atoms with Crippen LogP contribution in [0.25, 0.3) is 5.69 Å². The molecular weight excluding hydrogens is 266 g/mol. The predicted octanol–water partition coefficient (Wildman–Crippen LogP) is 2.82. The van der Waals surface area contributed by atoms with E-state index in [4.69, 9.17) is 4.74 Å². The van der Waals surface area contributed by atoms with Crippen molar-refractivity contribution in [2.75, 3.05) is 6.61 Å². The first-order valence-electron chi connectivity index (χ1n) is 7.62. The summed E-state index contributed by atoms with van der Waals surface area (Å²) in [4.78, 5) is 0. The summed E-state index contributed by atoms with van der Waals surface area (Å²) in [5, 5.41) is 17.9. The fraction of sp³-hybridized carbons (Fsp3) is 0.500. The fourth-order valence-corrected chi connectivity index (χ4v) is 2.67. The number of aliphatic hydroxyl groups is 1. The fourth-order valence-electron chi connectivity index (χ4n) is 2.67. The zero-order chi connectivity index (χ0) is 14.7. The summed E-state index contributed by atoms with van der Waals surface area (Å²) < 4.78 is 7.67. The Balaban J connectivity index is 2.02. The Morgan fingerprint density at radius 1 is 1.33 bits per heavy atom. The number of nitrogens with zero attached hydrogens (tertiary/aromatic N) is 3. The Hall–Kier alpha value is -1.88. The van der Waals surface area contributed by atoms with Crippen LogP contribution in [0.3, 0.4) is 0 Å². The molecule has 1 fully saturated rings. The second-order valence-electron chi connectivity index (χ2n) is 5.44. The van der Waals surface area contributed by atoms with Crippen molar-refractivity contribution in [1.29, 1.82) is 0 Å². The molecule has 0 saturated heterocycles. The Kier molecular flexibility index (Phi) is 4.20. The van der Waals surface area contributed by atoms with Crippen LogP contribution in [0.1, 0.15) is 49.9 Å². The average molecular weight is 287 g/mol. The molecule has 5 heteroatoms. The zero-order valence-corrected chi connectivity index (χ0v) is 12.3. The van der Waals surface area contributed by atoms with Crippen LogP contribution in [0.2, 0.25) is 0 Å². The number of hydrogen-bond donors (Lipinski definition) is 1. The molecule has 5 nitrogen and oxygen atoms in total. The number of ether oxygens (including phenoxy) is 1. The number of aromatic nitrogens is 3. The van der Waals surface area contributed by atoms with Gasteiger partial charge in [-0.25, -0.2) is 4.68 Å². The molecule has 1 N–H and O–H groups in total. The van der Waals surface area contributed by atoms with Crippen LogP contribution in [0.5, 0.6) is 5.75 Å². The first-order chi connectivity index (χ1) is 10.3. The molecule has 21 heavy (non-hydrogen) atoms. The molecule has 1 aromatic heterocycles. The molecule has 0 atom stereocenters. The lowest BCUT2D eigenvalue weighted by Crippen LogP contribution is -2.16. The maximum Gasteiger partial charge on any atom is 0.145 e. The third-order valence-electron chi connectivity index (χ3n) is 3.98. The summed E-state index contributed by atoms with van der Waals surface area (Å²) in [6.07, 6.45) is 4.47. The highest BCUT2D eigenvalue weighted by Crippen LogP contribution is 2.39. The van der Waals surface area contributed by atoms with Gasteiger partial charge < -0.3 is 9.84 Å². The van der Waals surface area contributed by atoms with Gasteiger partial charge in [0.15, 0.2) is 0 Å². The molecule has 3 rings (SSSR count). The molecule has 1 aromatic carbocycles. The van der Waals surface area contributed by atoms with Gasteiger partial charge in [-0.05, 0) is 31.4 Å². The van der Waals surface area contributed by atoms with Crippen molar-refractivity contribution in [3.8, 4) is 11.4 Å². The van der Waals surface area contributed by atoms with Gasteiger partial charge in [0.05, 0.1) is 18.9 Å². The second-order valence-corrected chi connectivity index (χ2v) is 5.44. The number of rotatable bonds is 6. The van der Waals surface area contributed by atoms with E-state index in [0.717, 1.165) is 36.4 Å². The highest BCUT2D eigenvalue weighted by molar-refractivity contribution is 5.47. The zero-order valence-electron chi connectivity index (χ0n) is 12.3. The largest absolute Gasteiger partial charge is 0.491 e. The third-order valence-corrected chi connectivity index (χ3v) is 3.98. The van der Waals surface area contributed by atoms with E-state index in [-0.39, 0.29) is 6.61 Å². The molecule has 0 aliphatic heterocycles. The van der Waals surface area contributed by atoms with Crippen molar-refractivity contribution in [3.05, 3.63) is 35.7 Å². The Morgan fingerprint density at radius 2 is 2.14 bits per heavy atom. The van der Waals surface area contributed by atoms with E-state index < -0.39 is 0 Å².